The van der Waals surface area contributed by atoms with Gasteiger partial charge in [0, 0.05) is 16.4 Å². The molecule has 0 amide bonds. The maximum absolute atomic E-state index is 13.3. The number of rotatable bonds is 5. The normalized spacial score (nSPS) is 26.3. The second-order valence-corrected chi connectivity index (χ2v) is 13.2. The Morgan fingerprint density at radius 1 is 0.826 bits per heavy atom. The molecule has 2 saturated carbocycles. The quantitative estimate of drug-likeness (QED) is 0.238. The van der Waals surface area contributed by atoms with Crippen LogP contribution >= 0.6 is 0 Å². The number of ether oxygens (including phenoxy) is 4. The Bertz CT molecular complexity index is 1930. The highest BCUT2D eigenvalue weighted by Crippen LogP contribution is 2.64. The highest BCUT2D eigenvalue weighted by molar-refractivity contribution is 5.94. The summed E-state index contributed by atoms with van der Waals surface area (Å²) in [6, 6.07) is 17.3. The van der Waals surface area contributed by atoms with Crippen LogP contribution in [-0.4, -0.2) is 39.1 Å². The van der Waals surface area contributed by atoms with E-state index in [1.165, 1.54) is 18.2 Å². The Kier molecular flexibility index (Phi) is 7.52. The van der Waals surface area contributed by atoms with Crippen molar-refractivity contribution in [3.8, 4) is 46.2 Å². The maximum Gasteiger partial charge on any atom is 0.344 e. The van der Waals surface area contributed by atoms with E-state index in [-0.39, 0.29) is 5.41 Å². The molecule has 3 aromatic carbocycles. The average Bonchev–Trinajstić information content (AvgIpc) is 3.36. The Morgan fingerprint density at radius 2 is 1.52 bits per heavy atom. The van der Waals surface area contributed by atoms with Crippen LogP contribution in [0.25, 0.3) is 22.1 Å². The molecule has 0 radical (unpaired) electrons. The molecule has 46 heavy (non-hydrogen) atoms. The van der Waals surface area contributed by atoms with Gasteiger partial charge in [0.1, 0.15) is 17.1 Å². The summed E-state index contributed by atoms with van der Waals surface area (Å²) in [5, 5.41) is 13.4. The molecule has 4 aromatic rings. The highest BCUT2D eigenvalue weighted by Gasteiger charge is 2.61. The van der Waals surface area contributed by atoms with Crippen molar-refractivity contribution in [2.75, 3.05) is 28.4 Å². The van der Waals surface area contributed by atoms with E-state index in [0.717, 1.165) is 37.9 Å². The predicted molar refractivity (Wildman–Crippen MR) is 177 cm³/mol. The van der Waals surface area contributed by atoms with Gasteiger partial charge < -0.3 is 28.5 Å². The van der Waals surface area contributed by atoms with E-state index in [4.69, 9.17) is 23.4 Å². The molecule has 1 N–H and O–H groups in total. The molecule has 1 aromatic heterocycles. The molecule has 0 spiro atoms. The molecule has 3 unspecified atom stereocenters. The third kappa shape index (κ3) is 4.65. The minimum atomic E-state index is -1.20. The second kappa shape index (κ2) is 11.4. The van der Waals surface area contributed by atoms with Gasteiger partial charge in [-0.1, -0.05) is 24.8 Å². The van der Waals surface area contributed by atoms with Crippen molar-refractivity contribution in [3.63, 3.8) is 0 Å². The molecule has 3 aliphatic rings. The van der Waals surface area contributed by atoms with Crippen LogP contribution in [0, 0.1) is 29.1 Å². The summed E-state index contributed by atoms with van der Waals surface area (Å²) in [6.45, 7) is 2.24. The van der Waals surface area contributed by atoms with Gasteiger partial charge in [0.2, 0.25) is 0 Å². The van der Waals surface area contributed by atoms with Crippen molar-refractivity contribution in [3.05, 3.63) is 81.7 Å². The van der Waals surface area contributed by atoms with Crippen molar-refractivity contribution in [1.29, 1.82) is 0 Å². The lowest BCUT2D eigenvalue weighted by atomic mass is 9.53. The van der Waals surface area contributed by atoms with Crippen molar-refractivity contribution in [1.82, 2.24) is 0 Å². The first-order chi connectivity index (χ1) is 22.2. The van der Waals surface area contributed by atoms with Gasteiger partial charge in [0.05, 0.1) is 39.4 Å². The fraction of sp³-hybridized carbons (Fsp3) is 0.410. The zero-order chi connectivity index (χ0) is 32.2. The van der Waals surface area contributed by atoms with Crippen molar-refractivity contribution >= 4 is 10.8 Å². The molecule has 3 aliphatic carbocycles. The molecule has 0 aliphatic heterocycles. The van der Waals surface area contributed by atoms with E-state index in [9.17, 15) is 9.90 Å². The van der Waals surface area contributed by atoms with Crippen LogP contribution in [0.4, 0.5) is 0 Å². The topological polar surface area (TPSA) is 87.4 Å². The lowest BCUT2D eigenvalue weighted by Gasteiger charge is -2.52. The van der Waals surface area contributed by atoms with Crippen LogP contribution in [0.2, 0.25) is 0 Å². The molecule has 7 heteroatoms. The summed E-state index contributed by atoms with van der Waals surface area (Å²) in [5.74, 6) is 10.9. The molecule has 0 bridgehead atoms. The highest BCUT2D eigenvalue weighted by atomic mass is 16.5. The lowest BCUT2D eigenvalue weighted by molar-refractivity contribution is -0.0647. The lowest BCUT2D eigenvalue weighted by Crippen LogP contribution is -2.50. The number of fused-ring (bicyclic) bond motifs is 6. The summed E-state index contributed by atoms with van der Waals surface area (Å²) in [4.78, 5) is 13.3. The minimum Gasteiger partial charge on any atom is -0.497 e. The van der Waals surface area contributed by atoms with Crippen LogP contribution in [-0.2, 0) is 6.42 Å². The van der Waals surface area contributed by atoms with E-state index >= 15 is 0 Å². The van der Waals surface area contributed by atoms with Crippen LogP contribution < -0.4 is 24.6 Å². The van der Waals surface area contributed by atoms with Crippen LogP contribution in [0.15, 0.2) is 63.8 Å². The molecule has 5 atom stereocenters. The number of benzene rings is 3. The number of methoxy groups -OCH3 is 4. The summed E-state index contributed by atoms with van der Waals surface area (Å²) in [7, 11) is 6.41. The first kappa shape index (κ1) is 30.3. The summed E-state index contributed by atoms with van der Waals surface area (Å²) in [5.41, 5.74) is 1.98. The number of aliphatic hydroxyl groups is 1. The summed E-state index contributed by atoms with van der Waals surface area (Å²) < 4.78 is 27.9. The Hall–Kier alpha value is -4.41. The van der Waals surface area contributed by atoms with Crippen molar-refractivity contribution in [2.24, 2.45) is 17.3 Å². The van der Waals surface area contributed by atoms with Gasteiger partial charge in [-0.15, -0.1) is 0 Å². The van der Waals surface area contributed by atoms with E-state index in [2.05, 4.69) is 37.0 Å². The summed E-state index contributed by atoms with van der Waals surface area (Å²) in [6.07, 6.45) is 5.55. The average molecular weight is 621 g/mol. The Labute approximate surface area is 269 Å². The van der Waals surface area contributed by atoms with Crippen LogP contribution in [0.1, 0.15) is 61.6 Å². The molecule has 7 nitrogen and oxygen atoms in total. The molecular weight excluding hydrogens is 580 g/mol. The van der Waals surface area contributed by atoms with Gasteiger partial charge in [-0.3, -0.25) is 0 Å². The van der Waals surface area contributed by atoms with Gasteiger partial charge >= 0.3 is 5.63 Å². The van der Waals surface area contributed by atoms with Gasteiger partial charge in [0.25, 0.3) is 0 Å². The van der Waals surface area contributed by atoms with Gasteiger partial charge in [0.15, 0.2) is 17.3 Å². The van der Waals surface area contributed by atoms with E-state index < -0.39 is 11.2 Å². The smallest absolute Gasteiger partial charge is 0.344 e. The first-order valence-corrected chi connectivity index (χ1v) is 16.0. The predicted octanol–water partition coefficient (Wildman–Crippen LogP) is 7.13. The second-order valence-electron chi connectivity index (χ2n) is 13.2. The molecule has 238 valence electrons. The Morgan fingerprint density at radius 3 is 2.22 bits per heavy atom. The van der Waals surface area contributed by atoms with E-state index in [1.54, 1.807) is 33.5 Å². The summed E-state index contributed by atoms with van der Waals surface area (Å²) >= 11 is 0. The largest absolute Gasteiger partial charge is 0.497 e. The minimum absolute atomic E-state index is 0.333. The molecule has 2 fully saturated rings. The standard InChI is InChI=1S/C39H40O7/c1-38-17-14-28-27-13-11-26(43-3)20-24(27)8-12-29(28)33(38)16-19-39(38,41)18-15-30-31-21-34(44-4)35(45-5)22-32(31)37(40)46-36(30)23-6-9-25(42-2)10-7-23/h6-7,9-11,13,20-22,28-29,33,41H,8,12,14,16-17,19H2,1-5H3/t28?,29?,33?,38-,39-/m0/s1. The fourth-order valence-electron chi connectivity index (χ4n) is 8.72. The van der Waals surface area contributed by atoms with Crippen molar-refractivity contribution < 1.29 is 28.5 Å². The zero-order valence-corrected chi connectivity index (χ0v) is 27.1. The van der Waals surface area contributed by atoms with Gasteiger partial charge in [-0.2, -0.15) is 0 Å². The van der Waals surface area contributed by atoms with Crippen LogP contribution in [0.3, 0.4) is 0 Å². The molecule has 1 heterocycles. The first-order valence-electron chi connectivity index (χ1n) is 16.0. The fourth-order valence-corrected chi connectivity index (χ4v) is 8.72. The van der Waals surface area contributed by atoms with Gasteiger partial charge in [-0.05, 0) is 116 Å². The van der Waals surface area contributed by atoms with Gasteiger partial charge in [-0.25, -0.2) is 4.79 Å². The van der Waals surface area contributed by atoms with E-state index in [0.29, 0.717) is 69.1 Å². The number of hydrogen-bond acceptors (Lipinski definition) is 7. The molecule has 0 saturated heterocycles. The Balaban J connectivity index is 1.32. The van der Waals surface area contributed by atoms with Crippen LogP contribution in [0.5, 0.6) is 23.0 Å². The number of hydrogen-bond donors (Lipinski definition) is 1. The third-order valence-electron chi connectivity index (χ3n) is 11.3. The SMILES string of the molecule is COc1ccc(-c2oc(=O)c3cc(OC)c(OC)cc3c2C#C[C@]2(O)CCC3C4CCc5cc(OC)ccc5C4CC[C@@]32C)cc1. The number of aryl methyl sites for hydroxylation is 1. The van der Waals surface area contributed by atoms with E-state index in [1.807, 2.05) is 24.3 Å². The zero-order valence-electron chi connectivity index (χ0n) is 27.1. The molecule has 7 rings (SSSR count). The monoisotopic (exact) mass is 620 g/mol. The third-order valence-corrected chi connectivity index (χ3v) is 11.3. The maximum atomic E-state index is 13.3. The van der Waals surface area contributed by atoms with Crippen molar-refractivity contribution in [2.45, 2.75) is 57.0 Å². The molecular formula is C39H40O7.